The van der Waals surface area contributed by atoms with Crippen LogP contribution in [0.2, 0.25) is 0 Å². The summed E-state index contributed by atoms with van der Waals surface area (Å²) in [6.45, 7) is 2.00. The fraction of sp³-hybridized carbons (Fsp3) is 0.200. The van der Waals surface area contributed by atoms with E-state index in [1.54, 1.807) is 0 Å². The van der Waals surface area contributed by atoms with Gasteiger partial charge in [-0.25, -0.2) is 4.98 Å². The Morgan fingerprint density at radius 3 is 3.00 bits per heavy atom. The van der Waals surface area contributed by atoms with E-state index in [-0.39, 0.29) is 11.2 Å². The average molecular weight is 240 g/mol. The second-order valence-electron chi connectivity index (χ2n) is 3.24. The van der Waals surface area contributed by atoms with Crippen molar-refractivity contribution >= 4 is 28.8 Å². The monoisotopic (exact) mass is 240 g/mol. The zero-order valence-corrected chi connectivity index (χ0v) is 9.47. The zero-order valence-electron chi connectivity index (χ0n) is 8.65. The molecule has 4 N–H and O–H groups in total. The number of benzene rings is 1. The molecule has 1 aromatic carbocycles. The quantitative estimate of drug-likeness (QED) is 0.788. The maximum absolute atomic E-state index is 10.4. The number of aromatic nitrogens is 2. The Labute approximate surface area is 96.2 Å². The van der Waals surface area contributed by atoms with Gasteiger partial charge in [0.15, 0.2) is 5.16 Å². The summed E-state index contributed by atoms with van der Waals surface area (Å²) in [7, 11) is 0. The predicted octanol–water partition coefficient (Wildman–Crippen LogP) is 1.22. The van der Waals surface area contributed by atoms with Crippen LogP contribution in [0.5, 0.6) is 0 Å². The van der Waals surface area contributed by atoms with E-state index in [1.807, 2.05) is 25.1 Å². The molecule has 0 aliphatic rings. The molecule has 0 amide bonds. The van der Waals surface area contributed by atoms with Crippen molar-refractivity contribution in [3.63, 3.8) is 0 Å². The molecule has 0 aliphatic carbocycles. The number of nitrogens with one attached hydrogen (secondary N) is 1. The molecule has 0 saturated heterocycles. The van der Waals surface area contributed by atoms with Gasteiger partial charge in [0.05, 0.1) is 16.8 Å². The topological polar surface area (TPSA) is 97.5 Å². The molecule has 0 atom stereocenters. The number of H-pyrrole nitrogens is 1. The van der Waals surface area contributed by atoms with Crippen LogP contribution < -0.4 is 0 Å². The third-order valence-corrected chi connectivity index (χ3v) is 2.81. The van der Waals surface area contributed by atoms with Crippen molar-refractivity contribution in [2.45, 2.75) is 12.1 Å². The van der Waals surface area contributed by atoms with Gasteiger partial charge in [-0.1, -0.05) is 17.8 Å². The number of carboxylic acids is 1. The lowest BCUT2D eigenvalue weighted by Crippen LogP contribution is -1.97. The zero-order chi connectivity index (χ0) is 10.8. The number of aryl methyl sites for hydroxylation is 1. The molecular formula is C10H12N2O3S. The summed E-state index contributed by atoms with van der Waals surface area (Å²) in [6.07, 6.45) is 0. The van der Waals surface area contributed by atoms with Crippen molar-refractivity contribution in [1.29, 1.82) is 0 Å². The third kappa shape index (κ3) is 2.74. The maximum atomic E-state index is 10.4. The van der Waals surface area contributed by atoms with Crippen molar-refractivity contribution in [3.05, 3.63) is 23.8 Å². The summed E-state index contributed by atoms with van der Waals surface area (Å²) in [5.74, 6) is -0.810. The Morgan fingerprint density at radius 2 is 2.31 bits per heavy atom. The van der Waals surface area contributed by atoms with Crippen molar-refractivity contribution in [1.82, 2.24) is 9.97 Å². The van der Waals surface area contributed by atoms with Gasteiger partial charge in [0.2, 0.25) is 0 Å². The predicted molar refractivity (Wildman–Crippen MR) is 62.8 cm³/mol. The number of aromatic amines is 1. The Hall–Kier alpha value is -1.53. The lowest BCUT2D eigenvalue weighted by molar-refractivity contribution is -0.133. The second kappa shape index (κ2) is 5.00. The molecule has 0 fully saturated rings. The first-order valence-electron chi connectivity index (χ1n) is 4.46. The Kier molecular flexibility index (Phi) is 3.92. The lowest BCUT2D eigenvalue weighted by atomic mass is 10.2. The van der Waals surface area contributed by atoms with Gasteiger partial charge in [-0.05, 0) is 24.6 Å². The van der Waals surface area contributed by atoms with E-state index in [9.17, 15) is 4.79 Å². The summed E-state index contributed by atoms with van der Waals surface area (Å²) in [5.41, 5.74) is 2.97. The smallest absolute Gasteiger partial charge is 0.313 e. The first-order chi connectivity index (χ1) is 7.15. The van der Waals surface area contributed by atoms with Gasteiger partial charge < -0.3 is 15.6 Å². The largest absolute Gasteiger partial charge is 0.481 e. The van der Waals surface area contributed by atoms with Crippen LogP contribution in [0.4, 0.5) is 0 Å². The standard InChI is InChI=1S/C10H10N2O2S.H2O/c1-6-2-3-7-8(4-6)12-10(11-7)15-5-9(13)14;/h2-4H,5H2,1H3,(H,11,12)(H,13,14);1H2. The molecule has 6 heteroatoms. The molecule has 0 bridgehead atoms. The van der Waals surface area contributed by atoms with E-state index < -0.39 is 5.97 Å². The molecule has 5 nitrogen and oxygen atoms in total. The number of hydrogen-bond acceptors (Lipinski definition) is 3. The highest BCUT2D eigenvalue weighted by Crippen LogP contribution is 2.19. The molecule has 2 aromatic rings. The first-order valence-corrected chi connectivity index (χ1v) is 5.44. The molecule has 0 aliphatic heterocycles. The maximum Gasteiger partial charge on any atom is 0.313 e. The fourth-order valence-corrected chi connectivity index (χ4v) is 1.90. The number of fused-ring (bicyclic) bond motifs is 1. The van der Waals surface area contributed by atoms with Crippen LogP contribution in [0, 0.1) is 6.92 Å². The molecule has 0 unspecified atom stereocenters. The van der Waals surface area contributed by atoms with Gasteiger partial charge in [-0.15, -0.1) is 0 Å². The molecule has 0 spiro atoms. The van der Waals surface area contributed by atoms with Crippen LogP contribution in [-0.4, -0.2) is 32.3 Å². The molecule has 2 rings (SSSR count). The van der Waals surface area contributed by atoms with E-state index in [1.165, 1.54) is 11.8 Å². The number of hydrogen-bond donors (Lipinski definition) is 2. The van der Waals surface area contributed by atoms with E-state index in [4.69, 9.17) is 5.11 Å². The molecule has 0 radical (unpaired) electrons. The minimum atomic E-state index is -0.836. The number of rotatable bonds is 3. The summed E-state index contributed by atoms with van der Waals surface area (Å²) >= 11 is 1.19. The van der Waals surface area contributed by atoms with Crippen molar-refractivity contribution in [2.75, 3.05) is 5.75 Å². The number of carboxylic acid groups (broad SMARTS) is 1. The van der Waals surface area contributed by atoms with E-state index in [0.717, 1.165) is 16.6 Å². The van der Waals surface area contributed by atoms with Crippen molar-refractivity contribution < 1.29 is 15.4 Å². The number of carbonyl (C=O) groups is 1. The highest BCUT2D eigenvalue weighted by molar-refractivity contribution is 7.99. The van der Waals surface area contributed by atoms with Gasteiger partial charge >= 0.3 is 5.97 Å². The minimum absolute atomic E-state index is 0. The SMILES string of the molecule is Cc1ccc2nc(SCC(=O)O)[nH]c2c1.O. The molecule has 1 heterocycles. The number of imidazole rings is 1. The van der Waals surface area contributed by atoms with E-state index in [0.29, 0.717) is 5.16 Å². The Bertz CT molecular complexity index is 510. The molecule has 86 valence electrons. The molecule has 16 heavy (non-hydrogen) atoms. The van der Waals surface area contributed by atoms with Crippen LogP contribution in [0.3, 0.4) is 0 Å². The number of thioether (sulfide) groups is 1. The second-order valence-corrected chi connectivity index (χ2v) is 4.21. The van der Waals surface area contributed by atoms with Gasteiger partial charge in [0.1, 0.15) is 0 Å². The van der Waals surface area contributed by atoms with Crippen LogP contribution in [0.25, 0.3) is 11.0 Å². The lowest BCUT2D eigenvalue weighted by Gasteiger charge is -1.90. The highest BCUT2D eigenvalue weighted by Gasteiger charge is 2.05. The normalized spacial score (nSPS) is 10.1. The number of nitrogens with zero attached hydrogens (tertiary/aromatic N) is 1. The minimum Gasteiger partial charge on any atom is -0.481 e. The Morgan fingerprint density at radius 1 is 1.56 bits per heavy atom. The average Bonchev–Trinajstić information content (AvgIpc) is 2.56. The Balaban J connectivity index is 0.00000128. The van der Waals surface area contributed by atoms with Crippen LogP contribution in [0.1, 0.15) is 5.56 Å². The highest BCUT2D eigenvalue weighted by atomic mass is 32.2. The van der Waals surface area contributed by atoms with Gasteiger partial charge in [0, 0.05) is 0 Å². The van der Waals surface area contributed by atoms with Gasteiger partial charge in [0.25, 0.3) is 0 Å². The summed E-state index contributed by atoms with van der Waals surface area (Å²) < 4.78 is 0. The van der Waals surface area contributed by atoms with Gasteiger partial charge in [-0.3, -0.25) is 4.79 Å². The summed E-state index contributed by atoms with van der Waals surface area (Å²) in [6, 6.07) is 5.90. The van der Waals surface area contributed by atoms with Crippen LogP contribution in [-0.2, 0) is 4.79 Å². The summed E-state index contributed by atoms with van der Waals surface area (Å²) in [5, 5.41) is 9.18. The molecular weight excluding hydrogens is 228 g/mol. The van der Waals surface area contributed by atoms with E-state index >= 15 is 0 Å². The fourth-order valence-electron chi connectivity index (χ4n) is 1.30. The number of aliphatic carboxylic acids is 1. The van der Waals surface area contributed by atoms with E-state index in [2.05, 4.69) is 9.97 Å². The van der Waals surface area contributed by atoms with Crippen molar-refractivity contribution in [3.8, 4) is 0 Å². The first kappa shape index (κ1) is 12.5. The van der Waals surface area contributed by atoms with Crippen LogP contribution in [0.15, 0.2) is 23.4 Å². The van der Waals surface area contributed by atoms with Crippen LogP contribution >= 0.6 is 11.8 Å². The third-order valence-electron chi connectivity index (χ3n) is 1.95. The van der Waals surface area contributed by atoms with Crippen molar-refractivity contribution in [2.24, 2.45) is 0 Å². The molecule has 1 aromatic heterocycles. The summed E-state index contributed by atoms with van der Waals surface area (Å²) in [4.78, 5) is 17.7. The van der Waals surface area contributed by atoms with Gasteiger partial charge in [-0.2, -0.15) is 0 Å². The molecule has 0 saturated carbocycles.